The average molecular weight is 288 g/mol. The van der Waals surface area contributed by atoms with Gasteiger partial charge in [0.05, 0.1) is 12.2 Å². The Bertz CT molecular complexity index is 527. The van der Waals surface area contributed by atoms with E-state index in [4.69, 9.17) is 4.74 Å². The zero-order valence-corrected chi connectivity index (χ0v) is 11.4. The quantitative estimate of drug-likeness (QED) is 0.362. The van der Waals surface area contributed by atoms with Crippen LogP contribution in [-0.4, -0.2) is 18.4 Å². The molecule has 1 aromatic carbocycles. The molecule has 0 bridgehead atoms. The SMILES string of the molecule is CCOC(=O)C(C(=O)c1ccc(F)c(F)c1F)C(C)C. The number of carbonyl (C=O) groups is 2. The van der Waals surface area contributed by atoms with Crippen LogP contribution in [0.1, 0.15) is 31.1 Å². The van der Waals surface area contributed by atoms with Crippen molar-refractivity contribution in [3.05, 3.63) is 35.1 Å². The monoisotopic (exact) mass is 288 g/mol. The molecule has 0 aliphatic heterocycles. The zero-order valence-electron chi connectivity index (χ0n) is 11.4. The van der Waals surface area contributed by atoms with Gasteiger partial charge >= 0.3 is 5.97 Å². The molecule has 0 radical (unpaired) electrons. The van der Waals surface area contributed by atoms with E-state index in [1.807, 2.05) is 0 Å². The third-order valence-electron chi connectivity index (χ3n) is 2.79. The van der Waals surface area contributed by atoms with Gasteiger partial charge in [0.25, 0.3) is 0 Å². The van der Waals surface area contributed by atoms with Crippen molar-refractivity contribution in [2.45, 2.75) is 20.8 Å². The zero-order chi connectivity index (χ0) is 15.4. The number of hydrogen-bond acceptors (Lipinski definition) is 3. The molecule has 3 nitrogen and oxygen atoms in total. The highest BCUT2D eigenvalue weighted by Gasteiger charge is 2.34. The summed E-state index contributed by atoms with van der Waals surface area (Å²) in [5.74, 6) is -8.17. The Morgan fingerprint density at radius 2 is 1.75 bits per heavy atom. The van der Waals surface area contributed by atoms with Crippen LogP contribution in [0.4, 0.5) is 13.2 Å². The summed E-state index contributed by atoms with van der Waals surface area (Å²) in [7, 11) is 0. The van der Waals surface area contributed by atoms with E-state index in [0.29, 0.717) is 6.07 Å². The molecular weight excluding hydrogens is 273 g/mol. The average Bonchev–Trinajstić information content (AvgIpc) is 2.36. The fourth-order valence-electron chi connectivity index (χ4n) is 1.80. The Labute approximate surface area is 114 Å². The maximum absolute atomic E-state index is 13.6. The molecule has 0 fully saturated rings. The van der Waals surface area contributed by atoms with E-state index in [2.05, 4.69) is 0 Å². The molecule has 0 saturated carbocycles. The lowest BCUT2D eigenvalue weighted by molar-refractivity contribution is -0.147. The van der Waals surface area contributed by atoms with Crippen LogP contribution in [0.3, 0.4) is 0 Å². The van der Waals surface area contributed by atoms with Crippen molar-refractivity contribution in [2.75, 3.05) is 6.61 Å². The molecule has 0 N–H and O–H groups in total. The number of halogens is 3. The first kappa shape index (κ1) is 16.2. The molecule has 0 amide bonds. The number of hydrogen-bond donors (Lipinski definition) is 0. The Hall–Kier alpha value is -1.85. The lowest BCUT2D eigenvalue weighted by Crippen LogP contribution is -2.31. The highest BCUT2D eigenvalue weighted by molar-refractivity contribution is 6.09. The predicted octanol–water partition coefficient (Wildman–Crippen LogP) is 3.12. The van der Waals surface area contributed by atoms with Crippen LogP contribution in [0.15, 0.2) is 12.1 Å². The van der Waals surface area contributed by atoms with Crippen molar-refractivity contribution in [3.63, 3.8) is 0 Å². The van der Waals surface area contributed by atoms with Crippen molar-refractivity contribution in [2.24, 2.45) is 11.8 Å². The van der Waals surface area contributed by atoms with Gasteiger partial charge in [0, 0.05) is 0 Å². The van der Waals surface area contributed by atoms with Gasteiger partial charge in [0.15, 0.2) is 23.2 Å². The number of benzene rings is 1. The van der Waals surface area contributed by atoms with Crippen LogP contribution in [0.2, 0.25) is 0 Å². The van der Waals surface area contributed by atoms with Gasteiger partial charge in [0.2, 0.25) is 0 Å². The van der Waals surface area contributed by atoms with Crippen LogP contribution >= 0.6 is 0 Å². The normalized spacial score (nSPS) is 12.3. The Kier molecular flexibility index (Phi) is 5.30. The van der Waals surface area contributed by atoms with Crippen molar-refractivity contribution < 1.29 is 27.5 Å². The molecule has 6 heteroatoms. The Morgan fingerprint density at radius 1 is 1.15 bits per heavy atom. The molecule has 110 valence electrons. The second-order valence-electron chi connectivity index (χ2n) is 4.56. The van der Waals surface area contributed by atoms with E-state index in [-0.39, 0.29) is 6.61 Å². The maximum atomic E-state index is 13.6. The topological polar surface area (TPSA) is 43.4 Å². The highest BCUT2D eigenvalue weighted by atomic mass is 19.2. The minimum absolute atomic E-state index is 0.0651. The largest absolute Gasteiger partial charge is 0.465 e. The molecular formula is C14H15F3O3. The first-order valence-corrected chi connectivity index (χ1v) is 6.15. The van der Waals surface area contributed by atoms with Crippen molar-refractivity contribution >= 4 is 11.8 Å². The number of rotatable bonds is 5. The molecule has 1 atom stereocenters. The van der Waals surface area contributed by atoms with Gasteiger partial charge < -0.3 is 4.74 Å². The summed E-state index contributed by atoms with van der Waals surface area (Å²) in [6.07, 6.45) is 0. The summed E-state index contributed by atoms with van der Waals surface area (Å²) in [5, 5.41) is 0. The van der Waals surface area contributed by atoms with Crippen LogP contribution in [-0.2, 0) is 9.53 Å². The van der Waals surface area contributed by atoms with Gasteiger partial charge in [0.1, 0.15) is 5.92 Å². The molecule has 1 aromatic rings. The molecule has 0 heterocycles. The molecule has 0 aromatic heterocycles. The van der Waals surface area contributed by atoms with E-state index < -0.39 is 46.6 Å². The van der Waals surface area contributed by atoms with Crippen LogP contribution in [0.5, 0.6) is 0 Å². The number of ketones is 1. The Morgan fingerprint density at radius 3 is 2.25 bits per heavy atom. The predicted molar refractivity (Wildman–Crippen MR) is 65.6 cm³/mol. The molecule has 1 unspecified atom stereocenters. The lowest BCUT2D eigenvalue weighted by Gasteiger charge is -2.18. The number of carbonyl (C=O) groups excluding carboxylic acids is 2. The molecule has 0 aliphatic carbocycles. The van der Waals surface area contributed by atoms with Crippen LogP contribution in [0, 0.1) is 29.3 Å². The standard InChI is InChI=1S/C14H15F3O3/c1-4-20-14(19)10(7(2)3)13(18)8-5-6-9(15)12(17)11(8)16/h5-7,10H,4H2,1-3H3. The summed E-state index contributed by atoms with van der Waals surface area (Å²) in [4.78, 5) is 23.9. The van der Waals surface area contributed by atoms with E-state index in [0.717, 1.165) is 6.07 Å². The summed E-state index contributed by atoms with van der Waals surface area (Å²) in [6.45, 7) is 4.79. The molecule has 0 spiro atoms. The number of ether oxygens (including phenoxy) is 1. The van der Waals surface area contributed by atoms with Gasteiger partial charge in [-0.25, -0.2) is 13.2 Å². The van der Waals surface area contributed by atoms with E-state index in [1.54, 1.807) is 20.8 Å². The molecule has 0 saturated heterocycles. The van der Waals surface area contributed by atoms with Gasteiger partial charge in [-0.05, 0) is 25.0 Å². The second-order valence-corrected chi connectivity index (χ2v) is 4.56. The van der Waals surface area contributed by atoms with E-state index in [9.17, 15) is 22.8 Å². The third-order valence-corrected chi connectivity index (χ3v) is 2.79. The highest BCUT2D eigenvalue weighted by Crippen LogP contribution is 2.23. The van der Waals surface area contributed by atoms with Crippen molar-refractivity contribution in [1.82, 2.24) is 0 Å². The second kappa shape index (κ2) is 6.54. The molecule has 20 heavy (non-hydrogen) atoms. The first-order chi connectivity index (χ1) is 9.31. The summed E-state index contributed by atoms with van der Waals surface area (Å²) >= 11 is 0. The fourth-order valence-corrected chi connectivity index (χ4v) is 1.80. The van der Waals surface area contributed by atoms with Gasteiger partial charge in [-0.1, -0.05) is 13.8 Å². The number of Topliss-reactive ketones (excluding diaryl/α,β-unsaturated/α-hetero) is 1. The smallest absolute Gasteiger partial charge is 0.317 e. The summed E-state index contributed by atoms with van der Waals surface area (Å²) < 4.78 is 44.3. The van der Waals surface area contributed by atoms with Gasteiger partial charge in [-0.2, -0.15) is 0 Å². The van der Waals surface area contributed by atoms with Crippen molar-refractivity contribution in [3.8, 4) is 0 Å². The van der Waals surface area contributed by atoms with Crippen LogP contribution in [0.25, 0.3) is 0 Å². The Balaban J connectivity index is 3.20. The summed E-state index contributed by atoms with van der Waals surface area (Å²) in [6, 6.07) is 1.47. The number of esters is 1. The van der Waals surface area contributed by atoms with E-state index in [1.165, 1.54) is 0 Å². The summed E-state index contributed by atoms with van der Waals surface area (Å²) in [5.41, 5.74) is -0.657. The first-order valence-electron chi connectivity index (χ1n) is 6.15. The van der Waals surface area contributed by atoms with Gasteiger partial charge in [-0.3, -0.25) is 9.59 Å². The van der Waals surface area contributed by atoms with Gasteiger partial charge in [-0.15, -0.1) is 0 Å². The van der Waals surface area contributed by atoms with Crippen molar-refractivity contribution in [1.29, 1.82) is 0 Å². The third kappa shape index (κ3) is 3.18. The minimum atomic E-state index is -1.73. The molecule has 1 rings (SSSR count). The van der Waals surface area contributed by atoms with E-state index >= 15 is 0 Å². The fraction of sp³-hybridized carbons (Fsp3) is 0.429. The van der Waals surface area contributed by atoms with Crippen LogP contribution < -0.4 is 0 Å². The lowest BCUT2D eigenvalue weighted by atomic mass is 9.87. The maximum Gasteiger partial charge on any atom is 0.317 e. The minimum Gasteiger partial charge on any atom is -0.465 e. The molecule has 0 aliphatic rings.